The van der Waals surface area contributed by atoms with E-state index >= 15 is 0 Å². The van der Waals surface area contributed by atoms with Crippen LogP contribution in [0.2, 0.25) is 0 Å². The average molecular weight is 281 g/mol. The quantitative estimate of drug-likeness (QED) is 0.923. The highest BCUT2D eigenvalue weighted by atomic mass is 32.1. The van der Waals surface area contributed by atoms with Gasteiger partial charge in [0.2, 0.25) is 0 Å². The number of rotatable bonds is 3. The van der Waals surface area contributed by atoms with Crippen LogP contribution in [-0.2, 0) is 12.0 Å². The van der Waals surface area contributed by atoms with Crippen molar-refractivity contribution < 1.29 is 0 Å². The van der Waals surface area contributed by atoms with E-state index in [-0.39, 0.29) is 5.41 Å². The van der Waals surface area contributed by atoms with Gasteiger partial charge in [-0.1, -0.05) is 20.8 Å². The molecule has 19 heavy (non-hydrogen) atoms. The SMILES string of the molecule is CC1CC(NCc2nc(C(C)(C)C)cs2)CCN1C. The van der Waals surface area contributed by atoms with E-state index in [4.69, 9.17) is 4.98 Å². The number of likely N-dealkylation sites (tertiary alicyclic amines) is 1. The summed E-state index contributed by atoms with van der Waals surface area (Å²) >= 11 is 1.78. The fourth-order valence-corrected chi connectivity index (χ4v) is 3.41. The summed E-state index contributed by atoms with van der Waals surface area (Å²) in [5.74, 6) is 0. The Morgan fingerprint density at radius 3 is 2.79 bits per heavy atom. The Morgan fingerprint density at radius 2 is 2.21 bits per heavy atom. The third-order valence-electron chi connectivity index (χ3n) is 4.07. The van der Waals surface area contributed by atoms with Gasteiger partial charge in [-0.15, -0.1) is 11.3 Å². The lowest BCUT2D eigenvalue weighted by Crippen LogP contribution is -2.45. The van der Waals surface area contributed by atoms with E-state index in [1.807, 2.05) is 0 Å². The van der Waals surface area contributed by atoms with E-state index in [0.29, 0.717) is 12.1 Å². The summed E-state index contributed by atoms with van der Waals surface area (Å²) < 4.78 is 0. The molecule has 2 atom stereocenters. The summed E-state index contributed by atoms with van der Waals surface area (Å²) in [6, 6.07) is 1.33. The zero-order valence-corrected chi connectivity index (χ0v) is 13.7. The van der Waals surface area contributed by atoms with Crippen molar-refractivity contribution in [3.63, 3.8) is 0 Å². The summed E-state index contributed by atoms with van der Waals surface area (Å²) in [4.78, 5) is 7.19. The predicted octanol–water partition coefficient (Wildman–Crippen LogP) is 3.01. The maximum Gasteiger partial charge on any atom is 0.107 e. The number of hydrogen-bond donors (Lipinski definition) is 1. The normalized spacial score (nSPS) is 25.7. The molecule has 1 fully saturated rings. The van der Waals surface area contributed by atoms with Crippen LogP contribution in [0.4, 0.5) is 0 Å². The number of nitrogens with one attached hydrogen (secondary N) is 1. The van der Waals surface area contributed by atoms with E-state index in [2.05, 4.69) is 50.3 Å². The molecule has 4 heteroatoms. The van der Waals surface area contributed by atoms with Gasteiger partial charge in [0.05, 0.1) is 5.69 Å². The maximum atomic E-state index is 4.75. The van der Waals surface area contributed by atoms with Crippen LogP contribution in [0.25, 0.3) is 0 Å². The lowest BCUT2D eigenvalue weighted by atomic mass is 9.93. The van der Waals surface area contributed by atoms with Crippen molar-refractivity contribution >= 4 is 11.3 Å². The van der Waals surface area contributed by atoms with Gasteiger partial charge in [0.15, 0.2) is 0 Å². The second-order valence-corrected chi connectivity index (χ2v) is 7.75. The maximum absolute atomic E-state index is 4.75. The molecule has 108 valence electrons. The highest BCUT2D eigenvalue weighted by molar-refractivity contribution is 7.09. The molecular weight excluding hydrogens is 254 g/mol. The van der Waals surface area contributed by atoms with Crippen molar-refractivity contribution in [2.45, 2.75) is 64.6 Å². The molecule has 0 bridgehead atoms. The summed E-state index contributed by atoms with van der Waals surface area (Å²) in [5.41, 5.74) is 1.38. The Labute approximate surface area is 121 Å². The average Bonchev–Trinajstić information content (AvgIpc) is 2.79. The van der Waals surface area contributed by atoms with Crippen LogP contribution in [0.5, 0.6) is 0 Å². The fourth-order valence-electron chi connectivity index (χ4n) is 2.44. The minimum Gasteiger partial charge on any atom is -0.308 e. The second-order valence-electron chi connectivity index (χ2n) is 6.81. The van der Waals surface area contributed by atoms with E-state index in [0.717, 1.165) is 6.54 Å². The molecule has 1 aliphatic rings. The van der Waals surface area contributed by atoms with Crippen molar-refractivity contribution in [1.82, 2.24) is 15.2 Å². The molecule has 2 rings (SSSR count). The Bertz CT molecular complexity index is 408. The predicted molar refractivity (Wildman–Crippen MR) is 82.8 cm³/mol. The van der Waals surface area contributed by atoms with Gasteiger partial charge in [0, 0.05) is 29.4 Å². The Kier molecular flexibility index (Phi) is 4.64. The van der Waals surface area contributed by atoms with Gasteiger partial charge in [-0.25, -0.2) is 4.98 Å². The highest BCUT2D eigenvalue weighted by Gasteiger charge is 2.23. The van der Waals surface area contributed by atoms with Gasteiger partial charge < -0.3 is 10.2 Å². The Morgan fingerprint density at radius 1 is 1.47 bits per heavy atom. The van der Waals surface area contributed by atoms with Crippen molar-refractivity contribution in [3.8, 4) is 0 Å². The van der Waals surface area contributed by atoms with Gasteiger partial charge in [-0.05, 0) is 33.4 Å². The summed E-state index contributed by atoms with van der Waals surface area (Å²) in [5, 5.41) is 7.10. The molecule has 0 spiro atoms. The molecule has 3 nitrogen and oxygen atoms in total. The molecule has 1 aromatic rings. The van der Waals surface area contributed by atoms with Gasteiger partial charge in [-0.2, -0.15) is 0 Å². The summed E-state index contributed by atoms with van der Waals surface area (Å²) in [6.07, 6.45) is 2.49. The van der Waals surface area contributed by atoms with Gasteiger partial charge in [0.25, 0.3) is 0 Å². The smallest absolute Gasteiger partial charge is 0.107 e. The van der Waals surface area contributed by atoms with Crippen molar-refractivity contribution in [1.29, 1.82) is 0 Å². The molecule has 2 heterocycles. The first-order chi connectivity index (χ1) is 8.86. The van der Waals surface area contributed by atoms with Crippen LogP contribution in [0, 0.1) is 0 Å². The Hall–Kier alpha value is -0.450. The van der Waals surface area contributed by atoms with Crippen molar-refractivity contribution in [3.05, 3.63) is 16.1 Å². The number of piperidine rings is 1. The molecule has 2 unspecified atom stereocenters. The van der Waals surface area contributed by atoms with Crippen LogP contribution in [-0.4, -0.2) is 35.6 Å². The summed E-state index contributed by atoms with van der Waals surface area (Å²) in [7, 11) is 2.22. The molecular formula is C15H27N3S. The molecule has 0 amide bonds. The standard InChI is InChI=1S/C15H27N3S/c1-11-8-12(6-7-18(11)5)16-9-14-17-13(10-19-14)15(2,3)4/h10-12,16H,6-9H2,1-5H3. The molecule has 1 N–H and O–H groups in total. The lowest BCUT2D eigenvalue weighted by molar-refractivity contribution is 0.168. The fraction of sp³-hybridized carbons (Fsp3) is 0.800. The zero-order valence-electron chi connectivity index (χ0n) is 12.9. The number of hydrogen-bond acceptors (Lipinski definition) is 4. The van der Waals surface area contributed by atoms with E-state index in [1.165, 1.54) is 30.1 Å². The molecule has 0 aliphatic carbocycles. The monoisotopic (exact) mass is 281 g/mol. The van der Waals surface area contributed by atoms with E-state index in [9.17, 15) is 0 Å². The van der Waals surface area contributed by atoms with Crippen LogP contribution in [0.1, 0.15) is 51.2 Å². The van der Waals surface area contributed by atoms with Gasteiger partial charge >= 0.3 is 0 Å². The van der Waals surface area contributed by atoms with Crippen molar-refractivity contribution in [2.24, 2.45) is 0 Å². The van der Waals surface area contributed by atoms with Crippen LogP contribution in [0.15, 0.2) is 5.38 Å². The lowest BCUT2D eigenvalue weighted by Gasteiger charge is -2.35. The molecule has 1 saturated heterocycles. The van der Waals surface area contributed by atoms with E-state index in [1.54, 1.807) is 11.3 Å². The molecule has 1 aromatic heterocycles. The minimum absolute atomic E-state index is 0.164. The first kappa shape index (κ1) is 14.9. The third-order valence-corrected chi connectivity index (χ3v) is 4.92. The van der Waals surface area contributed by atoms with Crippen LogP contribution >= 0.6 is 11.3 Å². The Balaban J connectivity index is 1.84. The zero-order chi connectivity index (χ0) is 14.0. The second kappa shape index (κ2) is 5.90. The first-order valence-corrected chi connectivity index (χ1v) is 8.12. The minimum atomic E-state index is 0.164. The number of thiazole rings is 1. The third kappa shape index (κ3) is 4.01. The molecule has 0 radical (unpaired) electrons. The first-order valence-electron chi connectivity index (χ1n) is 7.25. The van der Waals surface area contributed by atoms with Crippen LogP contribution < -0.4 is 5.32 Å². The molecule has 0 aromatic carbocycles. The largest absolute Gasteiger partial charge is 0.308 e. The van der Waals surface area contributed by atoms with Crippen LogP contribution in [0.3, 0.4) is 0 Å². The summed E-state index contributed by atoms with van der Waals surface area (Å²) in [6.45, 7) is 11.1. The van der Waals surface area contributed by atoms with Gasteiger partial charge in [0.1, 0.15) is 5.01 Å². The van der Waals surface area contributed by atoms with E-state index < -0.39 is 0 Å². The number of aromatic nitrogens is 1. The topological polar surface area (TPSA) is 28.2 Å². The number of nitrogens with zero attached hydrogens (tertiary/aromatic N) is 2. The van der Waals surface area contributed by atoms with Gasteiger partial charge in [-0.3, -0.25) is 0 Å². The highest BCUT2D eigenvalue weighted by Crippen LogP contribution is 2.24. The molecule has 0 saturated carbocycles. The van der Waals surface area contributed by atoms with Crippen molar-refractivity contribution in [2.75, 3.05) is 13.6 Å². The molecule has 1 aliphatic heterocycles.